The number of nitrogens with one attached hydrogen (secondary N) is 2. The molecule has 0 bridgehead atoms. The first-order valence-corrected chi connectivity index (χ1v) is 8.27. The number of carbonyl (C=O) groups excluding carboxylic acids is 2. The molecule has 2 amide bonds. The molecule has 0 fully saturated rings. The molecule has 1 heterocycles. The van der Waals surface area contributed by atoms with Gasteiger partial charge in [0.05, 0.1) is 0 Å². The van der Waals surface area contributed by atoms with Crippen molar-refractivity contribution in [2.24, 2.45) is 0 Å². The third-order valence-electron chi connectivity index (χ3n) is 3.98. The van der Waals surface area contributed by atoms with Crippen molar-refractivity contribution in [2.45, 2.75) is 13.5 Å². The van der Waals surface area contributed by atoms with Crippen LogP contribution in [0.4, 0.5) is 5.69 Å². The van der Waals surface area contributed by atoms with Crippen molar-refractivity contribution < 1.29 is 9.59 Å². The first kappa shape index (κ1) is 17.4. The molecular weight excluding hydrogens is 326 g/mol. The molecule has 0 spiro atoms. The van der Waals surface area contributed by atoms with Gasteiger partial charge in [0.15, 0.2) is 0 Å². The van der Waals surface area contributed by atoms with Gasteiger partial charge in [-0.25, -0.2) is 0 Å². The Morgan fingerprint density at radius 1 is 0.885 bits per heavy atom. The number of amides is 2. The lowest BCUT2D eigenvalue weighted by Crippen LogP contribution is -2.23. The van der Waals surface area contributed by atoms with E-state index < -0.39 is 0 Å². The lowest BCUT2D eigenvalue weighted by atomic mass is 10.1. The summed E-state index contributed by atoms with van der Waals surface area (Å²) in [6.45, 7) is 2.34. The third-order valence-corrected chi connectivity index (χ3v) is 3.98. The molecule has 0 aliphatic carbocycles. The number of anilines is 1. The summed E-state index contributed by atoms with van der Waals surface area (Å²) in [6, 6.07) is 17.9. The number of aryl methyl sites for hydroxylation is 1. The maximum Gasteiger partial charge on any atom is 0.255 e. The molecule has 130 valence electrons. The van der Waals surface area contributed by atoms with Gasteiger partial charge in [0.25, 0.3) is 11.8 Å². The smallest absolute Gasteiger partial charge is 0.255 e. The average molecular weight is 345 g/mol. The fraction of sp³-hybridized carbons (Fsp3) is 0.0952. The van der Waals surface area contributed by atoms with Crippen LogP contribution >= 0.6 is 0 Å². The number of pyridine rings is 1. The summed E-state index contributed by atoms with van der Waals surface area (Å²) < 4.78 is 0. The molecule has 0 unspecified atom stereocenters. The molecule has 0 radical (unpaired) electrons. The molecule has 3 rings (SSSR count). The lowest BCUT2D eigenvalue weighted by molar-refractivity contribution is 0.0949. The summed E-state index contributed by atoms with van der Waals surface area (Å²) >= 11 is 0. The Balaban J connectivity index is 1.61. The molecular formula is C21H19N3O2. The van der Waals surface area contributed by atoms with Gasteiger partial charge in [0, 0.05) is 35.8 Å². The number of carbonyl (C=O) groups is 2. The standard InChI is InChI=1S/C21H19N3O2/c1-15-5-2-3-7-19(15)24-21(26)18-10-8-17(9-11-18)20(25)23-14-16-6-4-12-22-13-16/h2-13H,14H2,1H3,(H,23,25)(H,24,26). The van der Waals surface area contributed by atoms with E-state index in [2.05, 4.69) is 15.6 Å². The Morgan fingerprint density at radius 2 is 1.58 bits per heavy atom. The van der Waals surface area contributed by atoms with Crippen LogP contribution < -0.4 is 10.6 Å². The Kier molecular flexibility index (Phi) is 5.39. The third kappa shape index (κ3) is 4.33. The largest absolute Gasteiger partial charge is 0.348 e. The van der Waals surface area contributed by atoms with E-state index >= 15 is 0 Å². The molecule has 5 nitrogen and oxygen atoms in total. The number of hydrogen-bond acceptors (Lipinski definition) is 3. The van der Waals surface area contributed by atoms with Crippen molar-refractivity contribution in [2.75, 3.05) is 5.32 Å². The van der Waals surface area contributed by atoms with Gasteiger partial charge in [-0.3, -0.25) is 14.6 Å². The highest BCUT2D eigenvalue weighted by atomic mass is 16.2. The van der Waals surface area contributed by atoms with Crippen LogP contribution in [0.3, 0.4) is 0 Å². The minimum atomic E-state index is -0.207. The number of hydrogen-bond donors (Lipinski definition) is 2. The predicted octanol–water partition coefficient (Wildman–Crippen LogP) is 3.57. The van der Waals surface area contributed by atoms with Gasteiger partial charge in [0.2, 0.25) is 0 Å². The molecule has 1 aromatic heterocycles. The number of benzene rings is 2. The second-order valence-corrected chi connectivity index (χ2v) is 5.89. The van der Waals surface area contributed by atoms with Crippen molar-refractivity contribution >= 4 is 17.5 Å². The average Bonchev–Trinajstić information content (AvgIpc) is 2.69. The minimum Gasteiger partial charge on any atom is -0.348 e. The zero-order valence-electron chi connectivity index (χ0n) is 14.4. The quantitative estimate of drug-likeness (QED) is 0.742. The number of aromatic nitrogens is 1. The Morgan fingerprint density at radius 3 is 2.23 bits per heavy atom. The predicted molar refractivity (Wildman–Crippen MR) is 101 cm³/mol. The van der Waals surface area contributed by atoms with Gasteiger partial charge in [0.1, 0.15) is 0 Å². The summed E-state index contributed by atoms with van der Waals surface area (Å²) in [5.41, 5.74) is 3.69. The zero-order valence-corrected chi connectivity index (χ0v) is 14.4. The second kappa shape index (κ2) is 8.07. The summed E-state index contributed by atoms with van der Waals surface area (Å²) in [4.78, 5) is 28.6. The highest BCUT2D eigenvalue weighted by molar-refractivity contribution is 6.05. The fourth-order valence-corrected chi connectivity index (χ4v) is 2.47. The summed E-state index contributed by atoms with van der Waals surface area (Å²) in [6.07, 6.45) is 3.39. The zero-order chi connectivity index (χ0) is 18.4. The molecule has 26 heavy (non-hydrogen) atoms. The lowest BCUT2D eigenvalue weighted by Gasteiger charge is -2.09. The minimum absolute atomic E-state index is 0.195. The first-order chi connectivity index (χ1) is 12.6. The van der Waals surface area contributed by atoms with Crippen LogP contribution in [0.2, 0.25) is 0 Å². The van der Waals surface area contributed by atoms with E-state index in [0.29, 0.717) is 17.7 Å². The molecule has 0 atom stereocenters. The maximum absolute atomic E-state index is 12.3. The molecule has 2 aromatic carbocycles. The van der Waals surface area contributed by atoms with Crippen molar-refractivity contribution in [3.8, 4) is 0 Å². The van der Waals surface area contributed by atoms with Crippen LogP contribution in [-0.2, 0) is 6.54 Å². The highest BCUT2D eigenvalue weighted by Crippen LogP contribution is 2.15. The van der Waals surface area contributed by atoms with Crippen LogP contribution in [0.15, 0.2) is 73.1 Å². The molecule has 0 aliphatic rings. The molecule has 3 aromatic rings. The summed E-state index contributed by atoms with van der Waals surface area (Å²) in [5, 5.41) is 5.71. The Hall–Kier alpha value is -3.47. The van der Waals surface area contributed by atoms with Crippen LogP contribution in [0.1, 0.15) is 31.8 Å². The van der Waals surface area contributed by atoms with E-state index in [1.807, 2.05) is 43.3 Å². The van der Waals surface area contributed by atoms with E-state index in [1.54, 1.807) is 36.7 Å². The van der Waals surface area contributed by atoms with Crippen LogP contribution in [0.25, 0.3) is 0 Å². The number of para-hydroxylation sites is 1. The van der Waals surface area contributed by atoms with Crippen molar-refractivity contribution in [3.63, 3.8) is 0 Å². The van der Waals surface area contributed by atoms with Crippen molar-refractivity contribution in [1.29, 1.82) is 0 Å². The van der Waals surface area contributed by atoms with Crippen molar-refractivity contribution in [3.05, 3.63) is 95.3 Å². The van der Waals surface area contributed by atoms with E-state index in [-0.39, 0.29) is 11.8 Å². The van der Waals surface area contributed by atoms with Gasteiger partial charge in [-0.2, -0.15) is 0 Å². The Bertz CT molecular complexity index is 906. The molecule has 0 aliphatic heterocycles. The van der Waals surface area contributed by atoms with Gasteiger partial charge in [-0.1, -0.05) is 24.3 Å². The molecule has 0 saturated heterocycles. The normalized spacial score (nSPS) is 10.2. The van der Waals surface area contributed by atoms with Crippen LogP contribution in [0.5, 0.6) is 0 Å². The van der Waals surface area contributed by atoms with Gasteiger partial charge in [-0.05, 0) is 54.4 Å². The summed E-state index contributed by atoms with van der Waals surface area (Å²) in [7, 11) is 0. The SMILES string of the molecule is Cc1ccccc1NC(=O)c1ccc(C(=O)NCc2cccnc2)cc1. The topological polar surface area (TPSA) is 71.1 Å². The number of nitrogens with zero attached hydrogens (tertiary/aromatic N) is 1. The van der Waals surface area contributed by atoms with E-state index in [1.165, 1.54) is 0 Å². The van der Waals surface area contributed by atoms with Gasteiger partial charge < -0.3 is 10.6 Å². The molecule has 5 heteroatoms. The van der Waals surface area contributed by atoms with Gasteiger partial charge >= 0.3 is 0 Å². The van der Waals surface area contributed by atoms with Gasteiger partial charge in [-0.15, -0.1) is 0 Å². The fourth-order valence-electron chi connectivity index (χ4n) is 2.47. The maximum atomic E-state index is 12.3. The molecule has 2 N–H and O–H groups in total. The van der Waals surface area contributed by atoms with E-state index in [9.17, 15) is 9.59 Å². The van der Waals surface area contributed by atoms with Crippen LogP contribution in [-0.4, -0.2) is 16.8 Å². The van der Waals surface area contributed by atoms with Crippen molar-refractivity contribution in [1.82, 2.24) is 10.3 Å². The Labute approximate surface area is 152 Å². The van der Waals surface area contributed by atoms with E-state index in [4.69, 9.17) is 0 Å². The number of rotatable bonds is 5. The summed E-state index contributed by atoms with van der Waals surface area (Å²) in [5.74, 6) is -0.402. The van der Waals surface area contributed by atoms with Crippen LogP contribution in [0, 0.1) is 6.92 Å². The molecule has 0 saturated carbocycles. The highest BCUT2D eigenvalue weighted by Gasteiger charge is 2.10. The monoisotopic (exact) mass is 345 g/mol. The first-order valence-electron chi connectivity index (χ1n) is 8.27. The second-order valence-electron chi connectivity index (χ2n) is 5.89. The van der Waals surface area contributed by atoms with E-state index in [0.717, 1.165) is 16.8 Å².